The number of methoxy groups -OCH3 is 1. The fraction of sp³-hybridized carbons (Fsp3) is 1.00. The molecule has 3 rings (SSSR count). The Balaban J connectivity index is 1.48. The molecule has 0 aromatic carbocycles. The van der Waals surface area contributed by atoms with Crippen LogP contribution in [0.4, 0.5) is 0 Å². The van der Waals surface area contributed by atoms with Gasteiger partial charge in [0.2, 0.25) is 0 Å². The van der Waals surface area contributed by atoms with E-state index >= 15 is 0 Å². The van der Waals surface area contributed by atoms with Crippen molar-refractivity contribution in [2.24, 2.45) is 17.3 Å². The van der Waals surface area contributed by atoms with Crippen molar-refractivity contribution < 1.29 is 9.47 Å². The SMILES string of the molecule is COCCOCCC1(CNC2CC2)CC2CCC1C2. The van der Waals surface area contributed by atoms with Gasteiger partial charge in [0.15, 0.2) is 0 Å². The maximum Gasteiger partial charge on any atom is 0.0700 e. The largest absolute Gasteiger partial charge is 0.382 e. The molecule has 0 aliphatic heterocycles. The van der Waals surface area contributed by atoms with Crippen molar-refractivity contribution in [3.05, 3.63) is 0 Å². The fourth-order valence-corrected chi connectivity index (χ4v) is 4.32. The molecule has 3 aliphatic rings. The minimum absolute atomic E-state index is 0.554. The first kappa shape index (κ1) is 13.8. The molecule has 3 heteroatoms. The van der Waals surface area contributed by atoms with Gasteiger partial charge in [-0.15, -0.1) is 0 Å². The minimum Gasteiger partial charge on any atom is -0.382 e. The Labute approximate surface area is 117 Å². The highest BCUT2D eigenvalue weighted by molar-refractivity contribution is 5.02. The predicted octanol–water partition coefficient (Wildman–Crippen LogP) is 2.60. The van der Waals surface area contributed by atoms with E-state index in [4.69, 9.17) is 9.47 Å². The van der Waals surface area contributed by atoms with E-state index in [1.165, 1.54) is 51.5 Å². The van der Waals surface area contributed by atoms with Gasteiger partial charge in [-0.2, -0.15) is 0 Å². The van der Waals surface area contributed by atoms with Crippen LogP contribution in [0.5, 0.6) is 0 Å². The average molecular weight is 267 g/mol. The normalized spacial score (nSPS) is 37.1. The van der Waals surface area contributed by atoms with Crippen LogP contribution in [0.1, 0.15) is 44.9 Å². The molecule has 3 aliphatic carbocycles. The Bertz CT molecular complexity index is 292. The van der Waals surface area contributed by atoms with Crippen LogP contribution in [-0.2, 0) is 9.47 Å². The quantitative estimate of drug-likeness (QED) is 0.651. The van der Waals surface area contributed by atoms with Crippen LogP contribution >= 0.6 is 0 Å². The molecule has 110 valence electrons. The monoisotopic (exact) mass is 267 g/mol. The molecule has 3 saturated carbocycles. The van der Waals surface area contributed by atoms with Crippen LogP contribution in [0.3, 0.4) is 0 Å². The zero-order valence-corrected chi connectivity index (χ0v) is 12.3. The fourth-order valence-electron chi connectivity index (χ4n) is 4.32. The van der Waals surface area contributed by atoms with E-state index in [9.17, 15) is 0 Å². The molecule has 2 bridgehead atoms. The van der Waals surface area contributed by atoms with Crippen molar-refractivity contribution in [3.8, 4) is 0 Å². The van der Waals surface area contributed by atoms with Gasteiger partial charge in [0.25, 0.3) is 0 Å². The van der Waals surface area contributed by atoms with Crippen molar-refractivity contribution in [1.82, 2.24) is 5.32 Å². The van der Waals surface area contributed by atoms with Crippen molar-refractivity contribution >= 4 is 0 Å². The molecule has 0 heterocycles. The molecule has 3 atom stereocenters. The van der Waals surface area contributed by atoms with E-state index in [0.29, 0.717) is 5.41 Å². The van der Waals surface area contributed by atoms with E-state index in [1.54, 1.807) is 7.11 Å². The Morgan fingerprint density at radius 3 is 2.63 bits per heavy atom. The summed E-state index contributed by atoms with van der Waals surface area (Å²) in [6, 6.07) is 0.838. The first-order chi connectivity index (χ1) is 9.32. The van der Waals surface area contributed by atoms with Crippen LogP contribution in [0.2, 0.25) is 0 Å². The molecule has 3 fully saturated rings. The number of ether oxygens (including phenoxy) is 2. The third-order valence-electron chi connectivity index (χ3n) is 5.60. The maximum atomic E-state index is 5.74. The summed E-state index contributed by atoms with van der Waals surface area (Å²) in [6.45, 7) is 3.63. The number of nitrogens with one attached hydrogen (secondary N) is 1. The Hall–Kier alpha value is -0.120. The third-order valence-corrected chi connectivity index (χ3v) is 5.60. The molecule has 3 unspecified atom stereocenters. The standard InChI is InChI=1S/C16H29NO2/c1-18-8-9-19-7-6-16(12-17-15-4-5-15)11-13-2-3-14(16)10-13/h13-15,17H,2-12H2,1H3. The molecule has 0 aromatic rings. The minimum atomic E-state index is 0.554. The second-order valence-electron chi connectivity index (χ2n) is 6.95. The molecule has 1 N–H and O–H groups in total. The molecular weight excluding hydrogens is 238 g/mol. The van der Waals surface area contributed by atoms with Crippen LogP contribution in [-0.4, -0.2) is 39.5 Å². The van der Waals surface area contributed by atoms with Crippen molar-refractivity contribution in [2.45, 2.75) is 51.0 Å². The topological polar surface area (TPSA) is 30.5 Å². The van der Waals surface area contributed by atoms with Crippen molar-refractivity contribution in [1.29, 1.82) is 0 Å². The number of hydrogen-bond donors (Lipinski definition) is 1. The van der Waals surface area contributed by atoms with Crippen LogP contribution in [0, 0.1) is 17.3 Å². The average Bonchev–Trinajstić information content (AvgIpc) is 3.05. The summed E-state index contributed by atoms with van der Waals surface area (Å²) in [6.07, 6.45) is 9.94. The van der Waals surface area contributed by atoms with E-state index < -0.39 is 0 Å². The van der Waals surface area contributed by atoms with Gasteiger partial charge in [-0.05, 0) is 55.8 Å². The zero-order chi connectivity index (χ0) is 13.1. The smallest absolute Gasteiger partial charge is 0.0700 e. The van der Waals surface area contributed by atoms with E-state index in [1.807, 2.05) is 0 Å². The van der Waals surface area contributed by atoms with Gasteiger partial charge in [0.1, 0.15) is 0 Å². The molecule has 19 heavy (non-hydrogen) atoms. The molecular formula is C16H29NO2. The lowest BCUT2D eigenvalue weighted by molar-refractivity contribution is 0.0356. The summed E-state index contributed by atoms with van der Waals surface area (Å²) < 4.78 is 10.8. The van der Waals surface area contributed by atoms with Gasteiger partial charge in [-0.3, -0.25) is 0 Å². The summed E-state index contributed by atoms with van der Waals surface area (Å²) in [5.74, 6) is 1.99. The second kappa shape index (κ2) is 6.11. The Kier molecular flexibility index (Phi) is 4.45. The summed E-state index contributed by atoms with van der Waals surface area (Å²) in [5, 5.41) is 3.80. The number of hydrogen-bond acceptors (Lipinski definition) is 3. The van der Waals surface area contributed by atoms with Crippen LogP contribution in [0.25, 0.3) is 0 Å². The second-order valence-corrected chi connectivity index (χ2v) is 6.95. The predicted molar refractivity (Wildman–Crippen MR) is 76.2 cm³/mol. The van der Waals surface area contributed by atoms with Crippen LogP contribution in [0.15, 0.2) is 0 Å². The summed E-state index contributed by atoms with van der Waals surface area (Å²) in [7, 11) is 1.74. The third kappa shape index (κ3) is 3.32. The van der Waals surface area contributed by atoms with Gasteiger partial charge >= 0.3 is 0 Å². The Morgan fingerprint density at radius 1 is 1.11 bits per heavy atom. The highest BCUT2D eigenvalue weighted by Crippen LogP contribution is 2.57. The van der Waals surface area contributed by atoms with Gasteiger partial charge in [0, 0.05) is 26.3 Å². The number of rotatable bonds is 9. The van der Waals surface area contributed by atoms with Gasteiger partial charge in [-0.1, -0.05) is 6.42 Å². The first-order valence-corrected chi connectivity index (χ1v) is 8.12. The summed E-state index contributed by atoms with van der Waals surface area (Å²) in [4.78, 5) is 0. The molecule has 0 saturated heterocycles. The molecule has 0 spiro atoms. The van der Waals surface area contributed by atoms with E-state index in [0.717, 1.165) is 37.7 Å². The van der Waals surface area contributed by atoms with E-state index in [-0.39, 0.29) is 0 Å². The van der Waals surface area contributed by atoms with Gasteiger partial charge in [-0.25, -0.2) is 0 Å². The lowest BCUT2D eigenvalue weighted by atomic mass is 9.71. The molecule has 0 amide bonds. The highest BCUT2D eigenvalue weighted by atomic mass is 16.5. The molecule has 0 radical (unpaired) electrons. The lowest BCUT2D eigenvalue weighted by Gasteiger charge is -2.38. The summed E-state index contributed by atoms with van der Waals surface area (Å²) >= 11 is 0. The van der Waals surface area contributed by atoms with Gasteiger partial charge < -0.3 is 14.8 Å². The summed E-state index contributed by atoms with van der Waals surface area (Å²) in [5.41, 5.74) is 0.554. The maximum absolute atomic E-state index is 5.74. The zero-order valence-electron chi connectivity index (χ0n) is 12.3. The van der Waals surface area contributed by atoms with Crippen molar-refractivity contribution in [2.75, 3.05) is 33.5 Å². The van der Waals surface area contributed by atoms with E-state index in [2.05, 4.69) is 5.32 Å². The Morgan fingerprint density at radius 2 is 2.00 bits per heavy atom. The van der Waals surface area contributed by atoms with Gasteiger partial charge in [0.05, 0.1) is 13.2 Å². The molecule has 0 aromatic heterocycles. The first-order valence-electron chi connectivity index (χ1n) is 8.12. The highest BCUT2D eigenvalue weighted by Gasteiger charge is 2.50. The lowest BCUT2D eigenvalue weighted by Crippen LogP contribution is -2.40. The number of fused-ring (bicyclic) bond motifs is 2. The van der Waals surface area contributed by atoms with Crippen molar-refractivity contribution in [3.63, 3.8) is 0 Å². The van der Waals surface area contributed by atoms with Crippen LogP contribution < -0.4 is 5.32 Å². The molecule has 3 nitrogen and oxygen atoms in total.